The van der Waals surface area contributed by atoms with E-state index in [4.69, 9.17) is 4.74 Å². The Kier molecular flexibility index (Phi) is 4.15. The topological polar surface area (TPSA) is 46.6 Å². The molecule has 0 aliphatic carbocycles. The number of benzene rings is 2. The van der Waals surface area contributed by atoms with E-state index in [0.717, 1.165) is 22.4 Å². The average Bonchev–Trinajstić information content (AvgIpc) is 2.92. The summed E-state index contributed by atoms with van der Waals surface area (Å²) >= 11 is 0. The molecule has 118 valence electrons. The summed E-state index contributed by atoms with van der Waals surface area (Å²) in [6.07, 6.45) is 0. The molecule has 0 aromatic heterocycles. The van der Waals surface area contributed by atoms with E-state index in [1.807, 2.05) is 55.5 Å². The summed E-state index contributed by atoms with van der Waals surface area (Å²) in [5.41, 5.74) is 3.53. The number of carbonyl (C=O) groups is 2. The zero-order chi connectivity index (χ0) is 16.4. The maximum Gasteiger partial charge on any atom is 0.313 e. The number of ether oxygens (including phenoxy) is 1. The molecule has 0 saturated carbocycles. The van der Waals surface area contributed by atoms with Gasteiger partial charge in [0.05, 0.1) is 19.1 Å². The Bertz CT molecular complexity index is 737. The van der Waals surface area contributed by atoms with Crippen LogP contribution in [-0.4, -0.2) is 18.5 Å². The first-order chi connectivity index (χ1) is 11.1. The molecule has 1 heterocycles. The van der Waals surface area contributed by atoms with E-state index in [2.05, 4.69) is 0 Å². The number of hydrogen-bond donors (Lipinski definition) is 0. The van der Waals surface area contributed by atoms with Crippen molar-refractivity contribution in [3.63, 3.8) is 0 Å². The van der Waals surface area contributed by atoms with Crippen LogP contribution >= 0.6 is 0 Å². The second-order valence-corrected chi connectivity index (χ2v) is 5.61. The van der Waals surface area contributed by atoms with Crippen LogP contribution in [-0.2, 0) is 16.1 Å². The molecule has 1 amide bonds. The quantitative estimate of drug-likeness (QED) is 0.812. The van der Waals surface area contributed by atoms with E-state index in [0.29, 0.717) is 13.2 Å². The minimum Gasteiger partial charge on any atom is -0.466 e. The number of amides is 1. The molecule has 2 aromatic rings. The lowest BCUT2D eigenvalue weighted by atomic mass is 10.0. The molecule has 0 bridgehead atoms. The van der Waals surface area contributed by atoms with Crippen LogP contribution in [0.5, 0.6) is 0 Å². The molecule has 0 radical (unpaired) electrons. The Labute approximate surface area is 135 Å². The molecule has 1 aliphatic rings. The van der Waals surface area contributed by atoms with E-state index in [9.17, 15) is 9.59 Å². The summed E-state index contributed by atoms with van der Waals surface area (Å²) in [5.74, 6) is -0.521. The molecular formula is C19H19NO3. The molecule has 2 aromatic carbocycles. The van der Waals surface area contributed by atoms with Crippen molar-refractivity contribution in [2.24, 2.45) is 0 Å². The SMILES string of the molecule is CCOC(=O)[C@@H](C)c1ccc(N2Cc3ccccc3C2=O)cc1. The number of carbonyl (C=O) groups excluding carboxylic acids is 2. The lowest BCUT2D eigenvalue weighted by Crippen LogP contribution is -2.23. The summed E-state index contributed by atoms with van der Waals surface area (Å²) in [6, 6.07) is 15.2. The minimum absolute atomic E-state index is 0.0202. The van der Waals surface area contributed by atoms with Crippen LogP contribution in [0.2, 0.25) is 0 Å². The van der Waals surface area contributed by atoms with Crippen LogP contribution in [0.25, 0.3) is 0 Å². The highest BCUT2D eigenvalue weighted by Gasteiger charge is 2.28. The highest BCUT2D eigenvalue weighted by atomic mass is 16.5. The Hall–Kier alpha value is -2.62. The minimum atomic E-state index is -0.310. The largest absolute Gasteiger partial charge is 0.466 e. The molecule has 0 N–H and O–H groups in total. The van der Waals surface area contributed by atoms with Gasteiger partial charge in [0.15, 0.2) is 0 Å². The second-order valence-electron chi connectivity index (χ2n) is 5.61. The number of anilines is 1. The van der Waals surface area contributed by atoms with Crippen molar-refractivity contribution in [1.82, 2.24) is 0 Å². The Morgan fingerprint density at radius 1 is 1.17 bits per heavy atom. The van der Waals surface area contributed by atoms with Gasteiger partial charge in [0.2, 0.25) is 0 Å². The molecule has 3 rings (SSSR count). The highest BCUT2D eigenvalue weighted by Crippen LogP contribution is 2.29. The first kappa shape index (κ1) is 15.3. The lowest BCUT2D eigenvalue weighted by molar-refractivity contribution is -0.144. The zero-order valence-electron chi connectivity index (χ0n) is 13.3. The standard InChI is InChI=1S/C19H19NO3/c1-3-23-19(22)13(2)14-8-10-16(11-9-14)20-12-15-6-4-5-7-17(15)18(20)21/h4-11,13H,3,12H2,1-2H3/t13-/m0/s1. The number of nitrogens with zero attached hydrogens (tertiary/aromatic N) is 1. The zero-order valence-corrected chi connectivity index (χ0v) is 13.3. The van der Waals surface area contributed by atoms with Gasteiger partial charge >= 0.3 is 5.97 Å². The third-order valence-electron chi connectivity index (χ3n) is 4.17. The first-order valence-corrected chi connectivity index (χ1v) is 7.78. The molecule has 23 heavy (non-hydrogen) atoms. The van der Waals surface area contributed by atoms with Gasteiger partial charge in [-0.3, -0.25) is 9.59 Å². The summed E-state index contributed by atoms with van der Waals surface area (Å²) in [6.45, 7) is 4.58. The molecule has 0 spiro atoms. The van der Waals surface area contributed by atoms with Crippen molar-refractivity contribution < 1.29 is 14.3 Å². The maximum atomic E-state index is 12.5. The Balaban J connectivity index is 1.79. The third-order valence-corrected chi connectivity index (χ3v) is 4.17. The average molecular weight is 309 g/mol. The predicted octanol–water partition coefficient (Wildman–Crippen LogP) is 3.51. The van der Waals surface area contributed by atoms with Gasteiger partial charge in [-0.1, -0.05) is 30.3 Å². The monoisotopic (exact) mass is 309 g/mol. The summed E-state index contributed by atoms with van der Waals surface area (Å²) in [5, 5.41) is 0. The smallest absolute Gasteiger partial charge is 0.313 e. The molecule has 1 atom stereocenters. The molecule has 4 heteroatoms. The van der Waals surface area contributed by atoms with Gasteiger partial charge < -0.3 is 9.64 Å². The van der Waals surface area contributed by atoms with Crippen molar-refractivity contribution in [3.8, 4) is 0 Å². The van der Waals surface area contributed by atoms with Crippen LogP contribution in [0.3, 0.4) is 0 Å². The van der Waals surface area contributed by atoms with Gasteiger partial charge in [0, 0.05) is 11.3 Å². The Morgan fingerprint density at radius 3 is 2.52 bits per heavy atom. The van der Waals surface area contributed by atoms with Gasteiger partial charge in [0.1, 0.15) is 0 Å². The van der Waals surface area contributed by atoms with Crippen molar-refractivity contribution in [2.75, 3.05) is 11.5 Å². The van der Waals surface area contributed by atoms with E-state index >= 15 is 0 Å². The van der Waals surface area contributed by atoms with Gasteiger partial charge in [-0.2, -0.15) is 0 Å². The van der Waals surface area contributed by atoms with Crippen LogP contribution in [0.15, 0.2) is 48.5 Å². The van der Waals surface area contributed by atoms with Crippen LogP contribution in [0, 0.1) is 0 Å². The lowest BCUT2D eigenvalue weighted by Gasteiger charge is -2.17. The van der Waals surface area contributed by atoms with Crippen LogP contribution in [0.4, 0.5) is 5.69 Å². The van der Waals surface area contributed by atoms with Gasteiger partial charge in [-0.25, -0.2) is 0 Å². The van der Waals surface area contributed by atoms with Crippen molar-refractivity contribution in [1.29, 1.82) is 0 Å². The summed E-state index contributed by atoms with van der Waals surface area (Å²) in [7, 11) is 0. The van der Waals surface area contributed by atoms with E-state index < -0.39 is 0 Å². The molecule has 0 unspecified atom stereocenters. The van der Waals surface area contributed by atoms with Crippen molar-refractivity contribution >= 4 is 17.6 Å². The fraction of sp³-hybridized carbons (Fsp3) is 0.263. The Morgan fingerprint density at radius 2 is 1.87 bits per heavy atom. The van der Waals surface area contributed by atoms with Crippen LogP contribution < -0.4 is 4.90 Å². The van der Waals surface area contributed by atoms with Gasteiger partial charge in [-0.15, -0.1) is 0 Å². The number of rotatable bonds is 4. The molecule has 4 nitrogen and oxygen atoms in total. The third kappa shape index (κ3) is 2.84. The second kappa shape index (κ2) is 6.24. The number of fused-ring (bicyclic) bond motifs is 1. The number of hydrogen-bond acceptors (Lipinski definition) is 3. The molecular weight excluding hydrogens is 290 g/mol. The predicted molar refractivity (Wildman–Crippen MR) is 88.4 cm³/mol. The van der Waals surface area contributed by atoms with Gasteiger partial charge in [-0.05, 0) is 43.2 Å². The normalized spacial score (nSPS) is 14.5. The van der Waals surface area contributed by atoms with E-state index in [-0.39, 0.29) is 17.8 Å². The van der Waals surface area contributed by atoms with E-state index in [1.54, 1.807) is 11.8 Å². The maximum absolute atomic E-state index is 12.5. The van der Waals surface area contributed by atoms with Crippen LogP contribution in [0.1, 0.15) is 41.3 Å². The van der Waals surface area contributed by atoms with Crippen molar-refractivity contribution in [3.05, 3.63) is 65.2 Å². The molecule has 0 fully saturated rings. The van der Waals surface area contributed by atoms with Gasteiger partial charge in [0.25, 0.3) is 5.91 Å². The first-order valence-electron chi connectivity index (χ1n) is 7.78. The molecule has 0 saturated heterocycles. The van der Waals surface area contributed by atoms with Crippen molar-refractivity contribution in [2.45, 2.75) is 26.3 Å². The highest BCUT2D eigenvalue weighted by molar-refractivity contribution is 6.09. The molecule has 1 aliphatic heterocycles. The van der Waals surface area contributed by atoms with E-state index in [1.165, 1.54) is 0 Å². The fourth-order valence-corrected chi connectivity index (χ4v) is 2.81. The summed E-state index contributed by atoms with van der Waals surface area (Å²) in [4.78, 5) is 26.0. The number of esters is 1. The summed E-state index contributed by atoms with van der Waals surface area (Å²) < 4.78 is 5.04. The fourth-order valence-electron chi connectivity index (χ4n) is 2.81.